The van der Waals surface area contributed by atoms with Crippen LogP contribution in [0.1, 0.15) is 62.7 Å². The molecular weight excluding hydrogens is 420 g/mol. The van der Waals surface area contributed by atoms with Gasteiger partial charge in [-0.05, 0) is 78.2 Å². The Kier molecular flexibility index (Phi) is 6.16. The number of H-pyrrole nitrogens is 1. The molecule has 176 valence electrons. The van der Waals surface area contributed by atoms with Crippen molar-refractivity contribution in [2.45, 2.75) is 65.2 Å². The van der Waals surface area contributed by atoms with Gasteiger partial charge in [-0.1, -0.05) is 6.07 Å². The van der Waals surface area contributed by atoms with E-state index in [0.717, 1.165) is 48.2 Å². The number of nitrogens with zero attached hydrogens (tertiary/aromatic N) is 2. The van der Waals surface area contributed by atoms with Crippen LogP contribution in [-0.2, 0) is 9.53 Å². The van der Waals surface area contributed by atoms with Crippen molar-refractivity contribution < 1.29 is 14.6 Å². The van der Waals surface area contributed by atoms with E-state index in [4.69, 9.17) is 4.74 Å². The summed E-state index contributed by atoms with van der Waals surface area (Å²) in [6.45, 7) is 10.8. The number of aliphatic carboxylic acids is 1. The van der Waals surface area contributed by atoms with Crippen LogP contribution in [0.5, 0.6) is 0 Å². The molecule has 8 heteroatoms. The highest BCUT2D eigenvalue weighted by molar-refractivity contribution is 5.82. The maximum atomic E-state index is 13.7. The van der Waals surface area contributed by atoms with Crippen LogP contribution in [0.15, 0.2) is 29.3 Å². The number of piperidine rings is 1. The monoisotopic (exact) mass is 452 g/mol. The summed E-state index contributed by atoms with van der Waals surface area (Å²) >= 11 is 0. The van der Waals surface area contributed by atoms with E-state index in [9.17, 15) is 14.7 Å². The van der Waals surface area contributed by atoms with Crippen molar-refractivity contribution in [1.82, 2.24) is 19.9 Å². The molecule has 1 aliphatic rings. The molecule has 3 N–H and O–H groups in total. The van der Waals surface area contributed by atoms with Crippen molar-refractivity contribution in [3.8, 4) is 11.1 Å². The molecule has 2 aromatic heterocycles. The normalized spacial score (nSPS) is 16.3. The Balaban J connectivity index is 2.00. The molecule has 1 aliphatic heterocycles. The van der Waals surface area contributed by atoms with E-state index in [-0.39, 0.29) is 11.5 Å². The predicted molar refractivity (Wildman–Crippen MR) is 128 cm³/mol. The minimum Gasteiger partial charge on any atom is -0.479 e. The van der Waals surface area contributed by atoms with Gasteiger partial charge in [-0.25, -0.2) is 9.78 Å². The molecule has 1 fully saturated rings. The quantitative estimate of drug-likeness (QED) is 0.542. The number of ether oxygens (including phenoxy) is 1. The summed E-state index contributed by atoms with van der Waals surface area (Å²) in [7, 11) is 0. The number of hydrogen-bond donors (Lipinski definition) is 3. The van der Waals surface area contributed by atoms with Gasteiger partial charge in [0.1, 0.15) is 0 Å². The number of fused-ring (bicyclic) bond motifs is 1. The van der Waals surface area contributed by atoms with Crippen LogP contribution in [0.25, 0.3) is 22.2 Å². The molecule has 3 aromatic rings. The second kappa shape index (κ2) is 8.76. The molecule has 0 radical (unpaired) electrons. The second-order valence-electron chi connectivity index (χ2n) is 9.73. The van der Waals surface area contributed by atoms with Crippen LogP contribution in [0.2, 0.25) is 0 Å². The van der Waals surface area contributed by atoms with Gasteiger partial charge in [-0.15, -0.1) is 0 Å². The van der Waals surface area contributed by atoms with Gasteiger partial charge in [0, 0.05) is 22.9 Å². The van der Waals surface area contributed by atoms with Gasteiger partial charge in [0.25, 0.3) is 0 Å². The third-order valence-electron chi connectivity index (χ3n) is 6.26. The number of benzene rings is 1. The Morgan fingerprint density at radius 2 is 1.94 bits per heavy atom. The molecule has 1 aromatic carbocycles. The summed E-state index contributed by atoms with van der Waals surface area (Å²) in [5.74, 6) is -1.10. The molecular formula is C25H32N4O4. The van der Waals surface area contributed by atoms with Gasteiger partial charge in [-0.3, -0.25) is 4.79 Å². The molecule has 33 heavy (non-hydrogen) atoms. The van der Waals surface area contributed by atoms with Gasteiger partial charge in [0.05, 0.1) is 28.7 Å². The zero-order valence-corrected chi connectivity index (χ0v) is 19.9. The highest BCUT2D eigenvalue weighted by Gasteiger charge is 2.35. The molecule has 0 spiro atoms. The summed E-state index contributed by atoms with van der Waals surface area (Å²) in [4.78, 5) is 33.5. The summed E-state index contributed by atoms with van der Waals surface area (Å²) < 4.78 is 8.08. The molecule has 8 nitrogen and oxygen atoms in total. The average molecular weight is 453 g/mol. The molecule has 0 saturated carbocycles. The van der Waals surface area contributed by atoms with Crippen molar-refractivity contribution in [3.05, 3.63) is 51.7 Å². The summed E-state index contributed by atoms with van der Waals surface area (Å²) in [5.41, 5.74) is 3.80. The zero-order valence-electron chi connectivity index (χ0n) is 19.9. The standard InChI is InChI=1S/C25H32N4O4/c1-14-21(23(24(31)32)33-25(3,4)5)29(17-8-10-26-11-9-17)15(2)20(22(14)30)16-6-7-18-19(12-16)28-13-27-18/h6-7,12-13,17,23,26H,8-11H2,1-5H3,(H,27,28)(H,31,32). The van der Waals surface area contributed by atoms with Crippen molar-refractivity contribution in [1.29, 1.82) is 0 Å². The van der Waals surface area contributed by atoms with Gasteiger partial charge < -0.3 is 24.7 Å². The van der Waals surface area contributed by atoms with Gasteiger partial charge in [-0.2, -0.15) is 0 Å². The van der Waals surface area contributed by atoms with E-state index >= 15 is 0 Å². The average Bonchev–Trinajstić information content (AvgIpc) is 3.22. The van der Waals surface area contributed by atoms with Crippen molar-refractivity contribution in [2.24, 2.45) is 0 Å². The maximum absolute atomic E-state index is 13.7. The summed E-state index contributed by atoms with van der Waals surface area (Å²) in [5, 5.41) is 13.5. The molecule has 0 aliphatic carbocycles. The maximum Gasteiger partial charge on any atom is 0.339 e. The van der Waals surface area contributed by atoms with E-state index < -0.39 is 17.7 Å². The molecule has 1 atom stereocenters. The lowest BCUT2D eigenvalue weighted by atomic mass is 9.94. The Labute approximate surface area is 193 Å². The third-order valence-corrected chi connectivity index (χ3v) is 6.26. The SMILES string of the molecule is Cc1c(C(OC(C)(C)C)C(=O)O)n(C2CCNCC2)c(C)c(-c2ccc3nc[nH]c3c2)c1=O. The molecule has 3 heterocycles. The highest BCUT2D eigenvalue weighted by Crippen LogP contribution is 2.35. The lowest BCUT2D eigenvalue weighted by molar-refractivity contribution is -0.161. The molecule has 0 amide bonds. The van der Waals surface area contributed by atoms with Crippen molar-refractivity contribution in [3.63, 3.8) is 0 Å². The number of carboxylic acids is 1. The lowest BCUT2D eigenvalue weighted by Crippen LogP contribution is -2.37. The first-order chi connectivity index (χ1) is 15.6. The number of aromatic nitrogens is 3. The number of aromatic amines is 1. The number of carboxylic acid groups (broad SMARTS) is 1. The lowest BCUT2D eigenvalue weighted by Gasteiger charge is -2.35. The highest BCUT2D eigenvalue weighted by atomic mass is 16.5. The molecule has 0 bridgehead atoms. The van der Waals surface area contributed by atoms with Crippen molar-refractivity contribution in [2.75, 3.05) is 13.1 Å². The molecule has 4 rings (SSSR count). The van der Waals surface area contributed by atoms with E-state index in [1.54, 1.807) is 13.3 Å². The van der Waals surface area contributed by atoms with E-state index in [0.29, 0.717) is 16.8 Å². The van der Waals surface area contributed by atoms with E-state index in [2.05, 4.69) is 19.9 Å². The van der Waals surface area contributed by atoms with E-state index in [1.807, 2.05) is 45.9 Å². The van der Waals surface area contributed by atoms with Crippen LogP contribution >= 0.6 is 0 Å². The Morgan fingerprint density at radius 3 is 2.58 bits per heavy atom. The fraction of sp³-hybridized carbons (Fsp3) is 0.480. The number of nitrogens with one attached hydrogen (secondary N) is 2. The van der Waals surface area contributed by atoms with Gasteiger partial charge >= 0.3 is 5.97 Å². The number of rotatable bonds is 5. The minimum atomic E-state index is -1.24. The number of hydrogen-bond acceptors (Lipinski definition) is 5. The fourth-order valence-corrected chi connectivity index (χ4v) is 4.82. The van der Waals surface area contributed by atoms with Gasteiger partial charge in [0.15, 0.2) is 11.5 Å². The first kappa shape index (κ1) is 23.2. The topological polar surface area (TPSA) is 109 Å². The Morgan fingerprint density at radius 1 is 1.24 bits per heavy atom. The second-order valence-corrected chi connectivity index (χ2v) is 9.73. The van der Waals surface area contributed by atoms with Crippen LogP contribution in [0, 0.1) is 13.8 Å². The third kappa shape index (κ3) is 4.45. The van der Waals surface area contributed by atoms with Crippen LogP contribution in [-0.4, -0.2) is 44.3 Å². The first-order valence-corrected chi connectivity index (χ1v) is 11.4. The number of imidazole rings is 1. The predicted octanol–water partition coefficient (Wildman–Crippen LogP) is 3.87. The Hall–Kier alpha value is -2.97. The van der Waals surface area contributed by atoms with Crippen LogP contribution < -0.4 is 10.7 Å². The van der Waals surface area contributed by atoms with Crippen molar-refractivity contribution >= 4 is 17.0 Å². The largest absolute Gasteiger partial charge is 0.479 e. The number of pyridine rings is 1. The number of carbonyl (C=O) groups is 1. The minimum absolute atomic E-state index is 0.0700. The molecule has 1 saturated heterocycles. The van der Waals surface area contributed by atoms with E-state index in [1.165, 1.54) is 0 Å². The van der Waals surface area contributed by atoms with Crippen LogP contribution in [0.4, 0.5) is 0 Å². The summed E-state index contributed by atoms with van der Waals surface area (Å²) in [6.07, 6.45) is 2.08. The fourth-order valence-electron chi connectivity index (χ4n) is 4.82. The first-order valence-electron chi connectivity index (χ1n) is 11.4. The van der Waals surface area contributed by atoms with Gasteiger partial charge in [0.2, 0.25) is 0 Å². The van der Waals surface area contributed by atoms with Crippen LogP contribution in [0.3, 0.4) is 0 Å². The molecule has 1 unspecified atom stereocenters. The smallest absolute Gasteiger partial charge is 0.339 e. The summed E-state index contributed by atoms with van der Waals surface area (Å²) in [6, 6.07) is 5.79. The zero-order chi connectivity index (χ0) is 23.9. The Bertz CT molecular complexity index is 1250.